The van der Waals surface area contributed by atoms with Crippen molar-refractivity contribution in [2.75, 3.05) is 66.5 Å². The predicted molar refractivity (Wildman–Crippen MR) is 70.1 cm³/mol. The molecule has 1 heterocycles. The van der Waals surface area contributed by atoms with Gasteiger partial charge >= 0.3 is 0 Å². The molecule has 1 aliphatic heterocycles. The molecule has 0 bridgehead atoms. The van der Waals surface area contributed by atoms with Crippen LogP contribution in [0.1, 0.15) is 6.92 Å². The summed E-state index contributed by atoms with van der Waals surface area (Å²) in [6, 6.07) is 0. The highest BCUT2D eigenvalue weighted by molar-refractivity contribution is 5.73. The Hall–Kier alpha value is -0.650. The lowest BCUT2D eigenvalue weighted by molar-refractivity contribution is -0.130. The SMILES string of the molecule is CNCCN(C)CCN1CCN(C(C)=O)CC1. The second-order valence-corrected chi connectivity index (χ2v) is 4.75. The van der Waals surface area contributed by atoms with Gasteiger partial charge in [-0.05, 0) is 14.1 Å². The maximum absolute atomic E-state index is 11.2. The molecule has 1 amide bonds. The maximum Gasteiger partial charge on any atom is 0.219 e. The summed E-state index contributed by atoms with van der Waals surface area (Å²) in [5.41, 5.74) is 0. The van der Waals surface area contributed by atoms with Gasteiger partial charge < -0.3 is 15.1 Å². The van der Waals surface area contributed by atoms with E-state index >= 15 is 0 Å². The molecule has 0 aromatic rings. The Balaban J connectivity index is 2.11. The lowest BCUT2D eigenvalue weighted by atomic mass is 10.3. The van der Waals surface area contributed by atoms with E-state index in [4.69, 9.17) is 0 Å². The first-order valence-corrected chi connectivity index (χ1v) is 6.44. The van der Waals surface area contributed by atoms with Crippen LogP contribution in [0.5, 0.6) is 0 Å². The van der Waals surface area contributed by atoms with E-state index in [1.807, 2.05) is 11.9 Å². The van der Waals surface area contributed by atoms with Gasteiger partial charge in [-0.25, -0.2) is 0 Å². The first kappa shape index (κ1) is 14.4. The summed E-state index contributed by atoms with van der Waals surface area (Å²) in [6.45, 7) is 9.78. The van der Waals surface area contributed by atoms with Gasteiger partial charge in [0.05, 0.1) is 0 Å². The molecule has 1 fully saturated rings. The van der Waals surface area contributed by atoms with Gasteiger partial charge in [-0.15, -0.1) is 0 Å². The first-order chi connectivity index (χ1) is 8.13. The van der Waals surface area contributed by atoms with Crippen molar-refractivity contribution in [1.29, 1.82) is 0 Å². The zero-order chi connectivity index (χ0) is 12.7. The minimum atomic E-state index is 0.204. The van der Waals surface area contributed by atoms with Crippen LogP contribution in [0.3, 0.4) is 0 Å². The molecule has 0 aromatic heterocycles. The zero-order valence-electron chi connectivity index (χ0n) is 11.4. The summed E-state index contributed by atoms with van der Waals surface area (Å²) < 4.78 is 0. The second kappa shape index (κ2) is 7.63. The standard InChI is InChI=1S/C12H26N4O/c1-12(17)16-10-8-15(9-11-16)7-6-14(3)5-4-13-2/h13H,4-11H2,1-3H3. The topological polar surface area (TPSA) is 38.8 Å². The average molecular weight is 242 g/mol. The number of nitrogens with zero attached hydrogens (tertiary/aromatic N) is 3. The monoisotopic (exact) mass is 242 g/mol. The molecule has 0 saturated carbocycles. The van der Waals surface area contributed by atoms with Gasteiger partial charge in [0.2, 0.25) is 5.91 Å². The summed E-state index contributed by atoms with van der Waals surface area (Å²) in [7, 11) is 4.14. The third kappa shape index (κ3) is 5.48. The van der Waals surface area contributed by atoms with Crippen molar-refractivity contribution in [1.82, 2.24) is 20.0 Å². The molecule has 1 N–H and O–H groups in total. The summed E-state index contributed by atoms with van der Waals surface area (Å²) in [5, 5.41) is 3.16. The van der Waals surface area contributed by atoms with E-state index in [2.05, 4.69) is 22.2 Å². The molecule has 0 atom stereocenters. The van der Waals surface area contributed by atoms with Gasteiger partial charge in [0.15, 0.2) is 0 Å². The highest BCUT2D eigenvalue weighted by atomic mass is 16.2. The summed E-state index contributed by atoms with van der Waals surface area (Å²) >= 11 is 0. The van der Waals surface area contributed by atoms with Crippen molar-refractivity contribution < 1.29 is 4.79 Å². The quantitative estimate of drug-likeness (QED) is 0.669. The summed E-state index contributed by atoms with van der Waals surface area (Å²) in [6.07, 6.45) is 0. The van der Waals surface area contributed by atoms with E-state index in [9.17, 15) is 4.79 Å². The Morgan fingerprint density at radius 2 is 1.88 bits per heavy atom. The lowest BCUT2D eigenvalue weighted by Crippen LogP contribution is -2.49. The summed E-state index contributed by atoms with van der Waals surface area (Å²) in [5.74, 6) is 0.204. The van der Waals surface area contributed by atoms with Crippen LogP contribution >= 0.6 is 0 Å². The number of carbonyl (C=O) groups is 1. The van der Waals surface area contributed by atoms with Crippen molar-refractivity contribution in [2.24, 2.45) is 0 Å². The van der Waals surface area contributed by atoms with Gasteiger partial charge in [-0.3, -0.25) is 9.69 Å². The minimum Gasteiger partial charge on any atom is -0.340 e. The molecule has 0 aromatic carbocycles. The molecular formula is C12H26N4O. The van der Waals surface area contributed by atoms with Crippen LogP contribution in [0.25, 0.3) is 0 Å². The van der Waals surface area contributed by atoms with Crippen LogP contribution in [-0.2, 0) is 4.79 Å². The number of hydrogen-bond acceptors (Lipinski definition) is 4. The van der Waals surface area contributed by atoms with Crippen molar-refractivity contribution >= 4 is 5.91 Å². The van der Waals surface area contributed by atoms with Crippen molar-refractivity contribution in [3.05, 3.63) is 0 Å². The number of carbonyl (C=O) groups excluding carboxylic acids is 1. The van der Waals surface area contributed by atoms with Crippen LogP contribution in [0.2, 0.25) is 0 Å². The number of piperazine rings is 1. The Kier molecular flexibility index (Phi) is 6.47. The van der Waals surface area contributed by atoms with Crippen LogP contribution in [-0.4, -0.2) is 87.1 Å². The highest BCUT2D eigenvalue weighted by Crippen LogP contribution is 2.01. The molecular weight excluding hydrogens is 216 g/mol. The molecule has 0 aliphatic carbocycles. The number of amides is 1. The second-order valence-electron chi connectivity index (χ2n) is 4.75. The van der Waals surface area contributed by atoms with E-state index in [-0.39, 0.29) is 5.91 Å². The van der Waals surface area contributed by atoms with Gasteiger partial charge in [0.1, 0.15) is 0 Å². The van der Waals surface area contributed by atoms with Gasteiger partial charge in [-0.1, -0.05) is 0 Å². The van der Waals surface area contributed by atoms with Crippen molar-refractivity contribution in [3.63, 3.8) is 0 Å². The molecule has 100 valence electrons. The predicted octanol–water partition coefficient (Wildman–Crippen LogP) is -0.698. The molecule has 1 rings (SSSR count). The van der Waals surface area contributed by atoms with E-state index in [1.54, 1.807) is 6.92 Å². The number of likely N-dealkylation sites (N-methyl/N-ethyl adjacent to an activating group) is 2. The largest absolute Gasteiger partial charge is 0.340 e. The molecule has 0 unspecified atom stereocenters. The average Bonchev–Trinajstić information content (AvgIpc) is 2.34. The van der Waals surface area contributed by atoms with E-state index in [0.29, 0.717) is 0 Å². The molecule has 17 heavy (non-hydrogen) atoms. The smallest absolute Gasteiger partial charge is 0.219 e. The Labute approximate surface area is 105 Å². The van der Waals surface area contributed by atoms with E-state index in [1.165, 1.54) is 0 Å². The van der Waals surface area contributed by atoms with Gasteiger partial charge in [0, 0.05) is 59.3 Å². The fourth-order valence-corrected chi connectivity index (χ4v) is 2.01. The minimum absolute atomic E-state index is 0.204. The molecule has 1 aliphatic rings. The maximum atomic E-state index is 11.2. The van der Waals surface area contributed by atoms with Crippen LogP contribution < -0.4 is 5.32 Å². The number of hydrogen-bond donors (Lipinski definition) is 1. The van der Waals surface area contributed by atoms with Gasteiger partial charge in [0.25, 0.3) is 0 Å². The van der Waals surface area contributed by atoms with Gasteiger partial charge in [-0.2, -0.15) is 0 Å². The third-order valence-corrected chi connectivity index (χ3v) is 3.36. The summed E-state index contributed by atoms with van der Waals surface area (Å²) in [4.78, 5) is 17.9. The normalized spacial score (nSPS) is 17.8. The van der Waals surface area contributed by atoms with Crippen LogP contribution in [0.4, 0.5) is 0 Å². The number of nitrogens with one attached hydrogen (secondary N) is 1. The third-order valence-electron chi connectivity index (χ3n) is 3.36. The lowest BCUT2D eigenvalue weighted by Gasteiger charge is -2.34. The zero-order valence-corrected chi connectivity index (χ0v) is 11.4. The Bertz CT molecular complexity index is 227. The highest BCUT2D eigenvalue weighted by Gasteiger charge is 2.18. The van der Waals surface area contributed by atoms with Crippen molar-refractivity contribution in [3.8, 4) is 0 Å². The molecule has 1 saturated heterocycles. The molecule has 5 nitrogen and oxygen atoms in total. The first-order valence-electron chi connectivity index (χ1n) is 6.44. The van der Waals surface area contributed by atoms with Crippen LogP contribution in [0.15, 0.2) is 0 Å². The van der Waals surface area contributed by atoms with Crippen LogP contribution in [0, 0.1) is 0 Å². The fourth-order valence-electron chi connectivity index (χ4n) is 2.01. The molecule has 0 spiro atoms. The fraction of sp³-hybridized carbons (Fsp3) is 0.917. The molecule has 0 radical (unpaired) electrons. The van der Waals surface area contributed by atoms with E-state index in [0.717, 1.165) is 52.4 Å². The number of rotatable bonds is 6. The van der Waals surface area contributed by atoms with E-state index < -0.39 is 0 Å². The van der Waals surface area contributed by atoms with Crippen molar-refractivity contribution in [2.45, 2.75) is 6.92 Å². The Morgan fingerprint density at radius 1 is 1.24 bits per heavy atom. The molecule has 5 heteroatoms. The Morgan fingerprint density at radius 3 is 2.41 bits per heavy atom.